The van der Waals surface area contributed by atoms with Gasteiger partial charge in [0.05, 0.1) is 46.2 Å². The Kier molecular flexibility index (Phi) is 15.4. The highest BCUT2D eigenvalue weighted by Crippen LogP contribution is 2.30. The second kappa shape index (κ2) is 18.6. The molecule has 0 atom stereocenters. The summed E-state index contributed by atoms with van der Waals surface area (Å²) in [7, 11) is 0. The molecule has 11 heteroatoms. The average molecular weight is 554 g/mol. The van der Waals surface area contributed by atoms with Crippen molar-refractivity contribution in [3.8, 4) is 11.5 Å². The molecule has 210 valence electrons. The van der Waals surface area contributed by atoms with Crippen molar-refractivity contribution in [1.29, 1.82) is 0 Å². The topological polar surface area (TPSA) is 107 Å². The first-order chi connectivity index (χ1) is 18.4. The second-order valence-electron chi connectivity index (χ2n) is 8.27. The maximum Gasteiger partial charge on any atom is 0.198 e. The molecule has 38 heavy (non-hydrogen) atoms. The van der Waals surface area contributed by atoms with E-state index in [0.29, 0.717) is 69.7 Å². The quantitative estimate of drug-likeness (QED) is 0.150. The standard InChI is InChI=1S/C27H37F2N3O5S/c1-20(2)15-21-16-25(28)27(26(29)17-21)37-23-3-5-24(6-4-23)38-32-8-10-35-12-14-36-13-11-34-9-7-31-18-22(30)19-33/h3-6,15-18,31-33H,7-14,19,30H2,1-2H3/b22-18-. The van der Waals surface area contributed by atoms with Crippen LogP contribution >= 0.6 is 11.9 Å². The largest absolute Gasteiger partial charge is 0.451 e. The SMILES string of the molecule is CC(C)=Cc1cc(F)c(Oc2ccc(SNCCOCCOCCOCCN/C=C(\N)CO)cc2)c(F)c1. The molecule has 0 saturated carbocycles. The zero-order valence-corrected chi connectivity index (χ0v) is 22.6. The van der Waals surface area contributed by atoms with Crippen LogP contribution in [-0.4, -0.2) is 64.4 Å². The van der Waals surface area contributed by atoms with Crippen LogP contribution in [0, 0.1) is 11.6 Å². The highest BCUT2D eigenvalue weighted by atomic mass is 32.2. The Balaban J connectivity index is 1.52. The van der Waals surface area contributed by atoms with Crippen molar-refractivity contribution in [1.82, 2.24) is 10.0 Å². The Labute approximate surface area is 227 Å². The van der Waals surface area contributed by atoms with Crippen LogP contribution in [0.3, 0.4) is 0 Å². The molecule has 0 fully saturated rings. The first-order valence-electron chi connectivity index (χ1n) is 12.2. The van der Waals surface area contributed by atoms with Gasteiger partial charge in [0.25, 0.3) is 0 Å². The van der Waals surface area contributed by atoms with Gasteiger partial charge in [-0.25, -0.2) is 8.78 Å². The Morgan fingerprint density at radius 2 is 1.50 bits per heavy atom. The molecule has 0 bridgehead atoms. The van der Waals surface area contributed by atoms with E-state index in [-0.39, 0.29) is 6.61 Å². The number of allylic oxidation sites excluding steroid dienone is 1. The molecule has 0 unspecified atom stereocenters. The maximum atomic E-state index is 14.3. The number of nitrogens with one attached hydrogen (secondary N) is 2. The summed E-state index contributed by atoms with van der Waals surface area (Å²) in [6.45, 7) is 7.71. The minimum atomic E-state index is -0.751. The van der Waals surface area contributed by atoms with Crippen LogP contribution in [-0.2, 0) is 14.2 Å². The number of ether oxygens (including phenoxy) is 4. The van der Waals surface area contributed by atoms with Crippen LogP contribution in [0.5, 0.6) is 11.5 Å². The number of hydrogen-bond acceptors (Lipinski definition) is 9. The highest BCUT2D eigenvalue weighted by molar-refractivity contribution is 7.97. The Morgan fingerprint density at radius 1 is 0.921 bits per heavy atom. The molecule has 2 aromatic carbocycles. The van der Waals surface area contributed by atoms with Gasteiger partial charge < -0.3 is 35.1 Å². The monoisotopic (exact) mass is 553 g/mol. The van der Waals surface area contributed by atoms with E-state index in [9.17, 15) is 8.78 Å². The third kappa shape index (κ3) is 13.2. The number of aliphatic hydroxyl groups is 1. The first kappa shape index (κ1) is 31.5. The summed E-state index contributed by atoms with van der Waals surface area (Å²) < 4.78 is 53.6. The molecule has 8 nitrogen and oxygen atoms in total. The lowest BCUT2D eigenvalue weighted by Crippen LogP contribution is -2.19. The van der Waals surface area contributed by atoms with E-state index in [1.54, 1.807) is 36.5 Å². The number of aliphatic hydroxyl groups excluding tert-OH is 1. The van der Waals surface area contributed by atoms with E-state index in [1.807, 2.05) is 13.8 Å². The third-order valence-corrected chi connectivity index (χ3v) is 5.52. The van der Waals surface area contributed by atoms with Crippen LogP contribution < -0.4 is 20.5 Å². The molecule has 2 rings (SSSR count). The molecule has 0 saturated heterocycles. The normalized spacial score (nSPS) is 11.4. The predicted octanol–water partition coefficient (Wildman–Crippen LogP) is 4.21. The van der Waals surface area contributed by atoms with Gasteiger partial charge >= 0.3 is 0 Å². The van der Waals surface area contributed by atoms with E-state index >= 15 is 0 Å². The van der Waals surface area contributed by atoms with Crippen molar-refractivity contribution in [2.45, 2.75) is 18.7 Å². The van der Waals surface area contributed by atoms with Gasteiger partial charge in [-0.05, 0) is 67.8 Å². The number of hydrogen-bond donors (Lipinski definition) is 4. The molecular formula is C27H37F2N3O5S. The summed E-state index contributed by atoms with van der Waals surface area (Å²) in [4.78, 5) is 0.920. The molecule has 0 heterocycles. The highest BCUT2D eigenvalue weighted by Gasteiger charge is 2.13. The van der Waals surface area contributed by atoms with Gasteiger partial charge in [-0.3, -0.25) is 4.72 Å². The number of rotatable bonds is 19. The zero-order valence-electron chi connectivity index (χ0n) is 21.8. The molecule has 0 radical (unpaired) electrons. The summed E-state index contributed by atoms with van der Waals surface area (Å²) in [6.07, 6.45) is 3.25. The average Bonchev–Trinajstić information content (AvgIpc) is 2.88. The fraction of sp³-hybridized carbons (Fsp3) is 0.407. The molecule has 2 aromatic rings. The van der Waals surface area contributed by atoms with Crippen LogP contribution in [0.1, 0.15) is 19.4 Å². The van der Waals surface area contributed by atoms with E-state index < -0.39 is 17.4 Å². The lowest BCUT2D eigenvalue weighted by Gasteiger charge is -2.10. The van der Waals surface area contributed by atoms with Crippen LogP contribution in [0.4, 0.5) is 8.78 Å². The summed E-state index contributed by atoms with van der Waals surface area (Å²) in [5.41, 5.74) is 7.21. The molecule has 0 aliphatic rings. The molecule has 5 N–H and O–H groups in total. The lowest BCUT2D eigenvalue weighted by atomic mass is 10.1. The fourth-order valence-corrected chi connectivity index (χ4v) is 3.58. The number of nitrogens with two attached hydrogens (primary N) is 1. The Morgan fingerprint density at radius 3 is 2.08 bits per heavy atom. The van der Waals surface area contributed by atoms with Gasteiger partial charge in [-0.2, -0.15) is 0 Å². The van der Waals surface area contributed by atoms with E-state index in [4.69, 9.17) is 29.8 Å². The summed E-state index contributed by atoms with van der Waals surface area (Å²) >= 11 is 1.42. The van der Waals surface area contributed by atoms with Crippen molar-refractivity contribution in [3.63, 3.8) is 0 Å². The minimum absolute atomic E-state index is 0.176. The van der Waals surface area contributed by atoms with Crippen LogP contribution in [0.15, 0.2) is 58.8 Å². The van der Waals surface area contributed by atoms with Crippen LogP contribution in [0.25, 0.3) is 6.08 Å². The van der Waals surface area contributed by atoms with Crippen molar-refractivity contribution >= 4 is 18.0 Å². The number of halogens is 2. The van der Waals surface area contributed by atoms with E-state index in [0.717, 1.165) is 10.5 Å². The Bertz CT molecular complexity index is 995. The minimum Gasteiger partial charge on any atom is -0.451 e. The van der Waals surface area contributed by atoms with E-state index in [1.165, 1.54) is 24.1 Å². The molecule has 0 aromatic heterocycles. The van der Waals surface area contributed by atoms with Crippen molar-refractivity contribution in [2.75, 3.05) is 59.3 Å². The first-order valence-corrected chi connectivity index (χ1v) is 13.0. The van der Waals surface area contributed by atoms with Gasteiger partial charge in [-0.15, -0.1) is 0 Å². The lowest BCUT2D eigenvalue weighted by molar-refractivity contribution is 0.0166. The van der Waals surface area contributed by atoms with Gasteiger partial charge in [0.1, 0.15) is 5.75 Å². The molecule has 0 aliphatic heterocycles. The maximum absolute atomic E-state index is 14.3. The smallest absolute Gasteiger partial charge is 0.198 e. The predicted molar refractivity (Wildman–Crippen MR) is 146 cm³/mol. The summed E-state index contributed by atoms with van der Waals surface area (Å²) in [6, 6.07) is 9.42. The van der Waals surface area contributed by atoms with Crippen LogP contribution in [0.2, 0.25) is 0 Å². The molecular weight excluding hydrogens is 516 g/mol. The van der Waals surface area contributed by atoms with Gasteiger partial charge in [-0.1, -0.05) is 11.6 Å². The summed E-state index contributed by atoms with van der Waals surface area (Å²) in [5.74, 6) is -1.58. The molecule has 0 aliphatic carbocycles. The van der Waals surface area contributed by atoms with Gasteiger partial charge in [0.15, 0.2) is 17.4 Å². The fourth-order valence-electron chi connectivity index (χ4n) is 2.96. The van der Waals surface area contributed by atoms with Crippen molar-refractivity contribution in [3.05, 3.63) is 71.1 Å². The zero-order chi connectivity index (χ0) is 27.6. The second-order valence-corrected chi connectivity index (χ2v) is 9.24. The van der Waals surface area contributed by atoms with E-state index in [2.05, 4.69) is 10.0 Å². The van der Waals surface area contributed by atoms with Gasteiger partial charge in [0.2, 0.25) is 0 Å². The number of benzene rings is 2. The van der Waals surface area contributed by atoms with Gasteiger partial charge in [0, 0.05) is 29.9 Å². The third-order valence-electron chi connectivity index (χ3n) is 4.66. The Hall–Kier alpha value is -2.67. The van der Waals surface area contributed by atoms with Crippen molar-refractivity contribution in [2.24, 2.45) is 5.73 Å². The molecule has 0 amide bonds. The summed E-state index contributed by atoms with van der Waals surface area (Å²) in [5, 5.41) is 11.7. The van der Waals surface area contributed by atoms with Crippen molar-refractivity contribution < 1.29 is 32.8 Å². The molecule has 0 spiro atoms.